The molecule has 3 rings (SSSR count). The fourth-order valence-corrected chi connectivity index (χ4v) is 2.22. The number of pyridine rings is 1. The van der Waals surface area contributed by atoms with Gasteiger partial charge in [-0.2, -0.15) is 5.26 Å². The van der Waals surface area contributed by atoms with Crippen LogP contribution in [-0.2, 0) is 6.54 Å². The van der Waals surface area contributed by atoms with E-state index < -0.39 is 0 Å². The number of fused-ring (bicyclic) bond motifs is 1. The first kappa shape index (κ1) is 12.9. The molecule has 2 N–H and O–H groups in total. The van der Waals surface area contributed by atoms with Gasteiger partial charge in [0.15, 0.2) is 0 Å². The van der Waals surface area contributed by atoms with Gasteiger partial charge in [-0.1, -0.05) is 30.3 Å². The first-order chi connectivity index (χ1) is 10.3. The van der Waals surface area contributed by atoms with E-state index in [4.69, 9.17) is 0 Å². The second-order valence-corrected chi connectivity index (χ2v) is 4.71. The molecule has 0 atom stereocenters. The number of aromatic nitrogens is 1. The van der Waals surface area contributed by atoms with Crippen LogP contribution in [-0.4, -0.2) is 10.1 Å². The first-order valence-electron chi connectivity index (χ1n) is 6.58. The number of para-hydroxylation sites is 1. The highest BCUT2D eigenvalue weighted by atomic mass is 16.3. The van der Waals surface area contributed by atoms with Crippen LogP contribution in [0.2, 0.25) is 0 Å². The standard InChI is InChI=1S/C17H13N3O/c18-10-13-9-17(20-16-7-2-1-6-15(13)16)19-11-12-4-3-5-14(21)8-12/h1-9,21H,11H2,(H,19,20). The molecule has 0 bridgehead atoms. The topological polar surface area (TPSA) is 68.9 Å². The summed E-state index contributed by atoms with van der Waals surface area (Å²) in [7, 11) is 0. The summed E-state index contributed by atoms with van der Waals surface area (Å²) in [6, 6.07) is 18.5. The van der Waals surface area contributed by atoms with E-state index in [1.54, 1.807) is 24.3 Å². The molecule has 0 saturated heterocycles. The molecule has 0 amide bonds. The minimum atomic E-state index is 0.235. The van der Waals surface area contributed by atoms with Gasteiger partial charge in [-0.25, -0.2) is 4.98 Å². The van der Waals surface area contributed by atoms with E-state index in [1.165, 1.54) is 0 Å². The highest BCUT2D eigenvalue weighted by molar-refractivity contribution is 5.86. The molecule has 0 spiro atoms. The molecule has 102 valence electrons. The molecule has 2 aromatic carbocycles. The molecule has 0 radical (unpaired) electrons. The predicted octanol–water partition coefficient (Wildman–Crippen LogP) is 3.42. The molecule has 0 aliphatic heterocycles. The van der Waals surface area contributed by atoms with E-state index in [2.05, 4.69) is 16.4 Å². The third kappa shape index (κ3) is 2.77. The molecule has 21 heavy (non-hydrogen) atoms. The van der Waals surface area contributed by atoms with Gasteiger partial charge in [-0.05, 0) is 29.8 Å². The fraction of sp³-hybridized carbons (Fsp3) is 0.0588. The molecule has 4 nitrogen and oxygen atoms in total. The number of benzene rings is 2. The predicted molar refractivity (Wildman–Crippen MR) is 81.9 cm³/mol. The Morgan fingerprint density at radius 1 is 1.10 bits per heavy atom. The molecule has 0 aliphatic carbocycles. The maximum atomic E-state index is 9.45. The monoisotopic (exact) mass is 275 g/mol. The van der Waals surface area contributed by atoms with Gasteiger partial charge in [0.05, 0.1) is 17.1 Å². The Bertz CT molecular complexity index is 837. The number of nitrogens with zero attached hydrogens (tertiary/aromatic N) is 2. The van der Waals surface area contributed by atoms with Crippen LogP contribution in [0.3, 0.4) is 0 Å². The van der Waals surface area contributed by atoms with Gasteiger partial charge < -0.3 is 10.4 Å². The van der Waals surface area contributed by atoms with Crippen molar-refractivity contribution in [1.29, 1.82) is 5.26 Å². The van der Waals surface area contributed by atoms with Crippen LogP contribution in [0, 0.1) is 11.3 Å². The molecule has 0 saturated carbocycles. The van der Waals surface area contributed by atoms with Gasteiger partial charge in [0.25, 0.3) is 0 Å². The summed E-state index contributed by atoms with van der Waals surface area (Å²) in [5.74, 6) is 0.882. The van der Waals surface area contributed by atoms with Gasteiger partial charge in [-0.3, -0.25) is 0 Å². The average molecular weight is 275 g/mol. The molecule has 0 aliphatic rings. The minimum Gasteiger partial charge on any atom is -0.508 e. The number of phenols is 1. The Labute approximate surface area is 122 Å². The molecular weight excluding hydrogens is 262 g/mol. The lowest BCUT2D eigenvalue weighted by atomic mass is 10.1. The molecule has 1 heterocycles. The van der Waals surface area contributed by atoms with Gasteiger partial charge in [0.1, 0.15) is 11.6 Å². The van der Waals surface area contributed by atoms with E-state index in [1.807, 2.05) is 30.3 Å². The molecule has 3 aromatic rings. The van der Waals surface area contributed by atoms with E-state index >= 15 is 0 Å². The van der Waals surface area contributed by atoms with Crippen molar-refractivity contribution in [2.24, 2.45) is 0 Å². The van der Waals surface area contributed by atoms with E-state index in [9.17, 15) is 10.4 Å². The fourth-order valence-electron chi connectivity index (χ4n) is 2.22. The maximum absolute atomic E-state index is 9.45. The van der Waals surface area contributed by atoms with Crippen LogP contribution in [0.4, 0.5) is 5.82 Å². The quantitative estimate of drug-likeness (QED) is 0.768. The minimum absolute atomic E-state index is 0.235. The number of nitriles is 1. The summed E-state index contributed by atoms with van der Waals surface area (Å²) in [6.45, 7) is 0.532. The summed E-state index contributed by atoms with van der Waals surface area (Å²) in [4.78, 5) is 4.50. The highest BCUT2D eigenvalue weighted by Gasteiger charge is 2.05. The van der Waals surface area contributed by atoms with Crippen LogP contribution in [0.15, 0.2) is 54.6 Å². The third-order valence-corrected chi connectivity index (χ3v) is 3.22. The lowest BCUT2D eigenvalue weighted by Crippen LogP contribution is -2.02. The number of phenolic OH excluding ortho intramolecular Hbond substituents is 1. The number of aromatic hydroxyl groups is 1. The zero-order valence-electron chi connectivity index (χ0n) is 11.2. The Kier molecular flexibility index (Phi) is 3.40. The molecule has 0 unspecified atom stereocenters. The van der Waals surface area contributed by atoms with Gasteiger partial charge in [0.2, 0.25) is 0 Å². The van der Waals surface area contributed by atoms with Crippen molar-refractivity contribution in [3.05, 3.63) is 65.7 Å². The number of nitrogens with one attached hydrogen (secondary N) is 1. The van der Waals surface area contributed by atoms with Crippen molar-refractivity contribution < 1.29 is 5.11 Å². The Morgan fingerprint density at radius 3 is 2.76 bits per heavy atom. The number of rotatable bonds is 3. The maximum Gasteiger partial charge on any atom is 0.128 e. The lowest BCUT2D eigenvalue weighted by molar-refractivity contribution is 0.474. The molecule has 1 aromatic heterocycles. The zero-order chi connectivity index (χ0) is 14.7. The summed E-state index contributed by atoms with van der Waals surface area (Å²) in [5, 5.41) is 22.7. The summed E-state index contributed by atoms with van der Waals surface area (Å²) in [6.07, 6.45) is 0. The van der Waals surface area contributed by atoms with Gasteiger partial charge in [-0.15, -0.1) is 0 Å². The normalized spacial score (nSPS) is 10.2. The number of anilines is 1. The van der Waals surface area contributed by atoms with Crippen molar-refractivity contribution in [3.63, 3.8) is 0 Å². The number of hydrogen-bond acceptors (Lipinski definition) is 4. The zero-order valence-corrected chi connectivity index (χ0v) is 11.2. The van der Waals surface area contributed by atoms with Crippen molar-refractivity contribution in [2.45, 2.75) is 6.54 Å². The first-order valence-corrected chi connectivity index (χ1v) is 6.58. The average Bonchev–Trinajstić information content (AvgIpc) is 2.52. The van der Waals surface area contributed by atoms with Crippen LogP contribution < -0.4 is 5.32 Å². The third-order valence-electron chi connectivity index (χ3n) is 3.22. The van der Waals surface area contributed by atoms with Crippen LogP contribution >= 0.6 is 0 Å². The molecule has 0 fully saturated rings. The summed E-state index contributed by atoms with van der Waals surface area (Å²) >= 11 is 0. The lowest BCUT2D eigenvalue weighted by Gasteiger charge is -2.08. The smallest absolute Gasteiger partial charge is 0.128 e. The van der Waals surface area contributed by atoms with Gasteiger partial charge >= 0.3 is 0 Å². The van der Waals surface area contributed by atoms with E-state index in [0.29, 0.717) is 17.9 Å². The van der Waals surface area contributed by atoms with Crippen molar-refractivity contribution >= 4 is 16.7 Å². The summed E-state index contributed by atoms with van der Waals surface area (Å²) in [5.41, 5.74) is 2.33. The van der Waals surface area contributed by atoms with Crippen LogP contribution in [0.25, 0.3) is 10.9 Å². The second-order valence-electron chi connectivity index (χ2n) is 4.71. The Balaban J connectivity index is 1.89. The van der Waals surface area contributed by atoms with Gasteiger partial charge in [0, 0.05) is 11.9 Å². The van der Waals surface area contributed by atoms with Crippen LogP contribution in [0.1, 0.15) is 11.1 Å². The molecule has 4 heteroatoms. The van der Waals surface area contributed by atoms with E-state index in [0.717, 1.165) is 16.5 Å². The molecular formula is C17H13N3O. The Morgan fingerprint density at radius 2 is 1.95 bits per heavy atom. The second kappa shape index (κ2) is 5.51. The SMILES string of the molecule is N#Cc1cc(NCc2cccc(O)c2)nc2ccccc12. The van der Waals surface area contributed by atoms with Crippen molar-refractivity contribution in [3.8, 4) is 11.8 Å². The van der Waals surface area contributed by atoms with Crippen LogP contribution in [0.5, 0.6) is 5.75 Å². The van der Waals surface area contributed by atoms with E-state index in [-0.39, 0.29) is 5.75 Å². The highest BCUT2D eigenvalue weighted by Crippen LogP contribution is 2.20. The van der Waals surface area contributed by atoms with Crippen molar-refractivity contribution in [1.82, 2.24) is 4.98 Å². The number of hydrogen-bond donors (Lipinski definition) is 2. The summed E-state index contributed by atoms with van der Waals surface area (Å²) < 4.78 is 0. The Hall–Kier alpha value is -3.06. The largest absolute Gasteiger partial charge is 0.508 e. The van der Waals surface area contributed by atoms with Crippen molar-refractivity contribution in [2.75, 3.05) is 5.32 Å².